The van der Waals surface area contributed by atoms with E-state index in [0.29, 0.717) is 18.2 Å². The highest BCUT2D eigenvalue weighted by molar-refractivity contribution is 9.10. The molecule has 0 aliphatic rings. The summed E-state index contributed by atoms with van der Waals surface area (Å²) in [5.74, 6) is 2.09. The zero-order valence-electron chi connectivity index (χ0n) is 9.03. The molecule has 2 heterocycles. The van der Waals surface area contributed by atoms with Gasteiger partial charge >= 0.3 is 0 Å². The van der Waals surface area contributed by atoms with Gasteiger partial charge in [-0.2, -0.15) is 0 Å². The van der Waals surface area contributed by atoms with E-state index in [0.717, 1.165) is 15.9 Å². The monoisotopic (exact) mass is 282 g/mol. The van der Waals surface area contributed by atoms with Crippen molar-refractivity contribution in [2.24, 2.45) is 0 Å². The lowest BCUT2D eigenvalue weighted by molar-refractivity contribution is 0.259. The number of oxazole rings is 1. The average Bonchev–Trinajstić information content (AvgIpc) is 2.56. The van der Waals surface area contributed by atoms with Crippen molar-refractivity contribution < 1.29 is 9.15 Å². The zero-order chi connectivity index (χ0) is 11.5. The SMILES string of the molecule is Cc1nc(COc2cncc(Br)c2)oc1C. The van der Waals surface area contributed by atoms with E-state index in [-0.39, 0.29) is 0 Å². The lowest BCUT2D eigenvalue weighted by Gasteiger charge is -2.02. The molecule has 0 atom stereocenters. The van der Waals surface area contributed by atoms with E-state index < -0.39 is 0 Å². The molecule has 0 saturated heterocycles. The highest BCUT2D eigenvalue weighted by atomic mass is 79.9. The van der Waals surface area contributed by atoms with Crippen LogP contribution in [-0.2, 0) is 6.61 Å². The summed E-state index contributed by atoms with van der Waals surface area (Å²) >= 11 is 3.32. The Kier molecular flexibility index (Phi) is 3.24. The van der Waals surface area contributed by atoms with Crippen molar-refractivity contribution in [1.82, 2.24) is 9.97 Å². The van der Waals surface area contributed by atoms with Gasteiger partial charge in [0.05, 0.1) is 11.9 Å². The lowest BCUT2D eigenvalue weighted by Crippen LogP contribution is -1.96. The van der Waals surface area contributed by atoms with Crippen LogP contribution in [0.4, 0.5) is 0 Å². The Labute approximate surface area is 102 Å². The van der Waals surface area contributed by atoms with Crippen LogP contribution in [0.1, 0.15) is 17.3 Å². The van der Waals surface area contributed by atoms with Gasteiger partial charge in [-0.25, -0.2) is 4.98 Å². The molecule has 0 aromatic carbocycles. The third-order valence-electron chi connectivity index (χ3n) is 2.11. The molecule has 0 bridgehead atoms. The number of hydrogen-bond donors (Lipinski definition) is 0. The Balaban J connectivity index is 2.02. The predicted molar refractivity (Wildman–Crippen MR) is 62.2 cm³/mol. The van der Waals surface area contributed by atoms with Crippen LogP contribution in [0.25, 0.3) is 0 Å². The number of rotatable bonds is 3. The summed E-state index contributed by atoms with van der Waals surface area (Å²) in [5.41, 5.74) is 0.894. The number of aryl methyl sites for hydroxylation is 2. The first kappa shape index (κ1) is 11.1. The molecule has 0 unspecified atom stereocenters. The molecule has 0 radical (unpaired) electrons. The number of ether oxygens (including phenoxy) is 1. The highest BCUT2D eigenvalue weighted by Gasteiger charge is 2.06. The smallest absolute Gasteiger partial charge is 0.232 e. The maximum atomic E-state index is 5.49. The standard InChI is InChI=1S/C11H11BrN2O2/c1-7-8(2)16-11(14-7)6-15-10-3-9(12)4-13-5-10/h3-5H,6H2,1-2H3. The van der Waals surface area contributed by atoms with E-state index in [9.17, 15) is 0 Å². The summed E-state index contributed by atoms with van der Waals surface area (Å²) in [5, 5.41) is 0. The summed E-state index contributed by atoms with van der Waals surface area (Å²) in [4.78, 5) is 8.22. The molecule has 2 aromatic rings. The van der Waals surface area contributed by atoms with Crippen molar-refractivity contribution in [3.63, 3.8) is 0 Å². The third kappa shape index (κ3) is 2.61. The summed E-state index contributed by atoms with van der Waals surface area (Å²) in [6.07, 6.45) is 3.35. The van der Waals surface area contributed by atoms with Gasteiger partial charge in [0.15, 0.2) is 6.61 Å². The molecule has 2 rings (SSSR count). The summed E-state index contributed by atoms with van der Waals surface area (Å²) in [7, 11) is 0. The zero-order valence-corrected chi connectivity index (χ0v) is 10.6. The summed E-state index contributed by atoms with van der Waals surface area (Å²) in [6.45, 7) is 4.10. The highest BCUT2D eigenvalue weighted by Crippen LogP contribution is 2.17. The quantitative estimate of drug-likeness (QED) is 0.868. The van der Waals surface area contributed by atoms with Crippen LogP contribution in [0.3, 0.4) is 0 Å². The number of pyridine rings is 1. The topological polar surface area (TPSA) is 48.2 Å². The second kappa shape index (κ2) is 4.65. The third-order valence-corrected chi connectivity index (χ3v) is 2.55. The lowest BCUT2D eigenvalue weighted by atomic mass is 10.4. The molecule has 5 heteroatoms. The molecule has 0 fully saturated rings. The first-order valence-electron chi connectivity index (χ1n) is 4.81. The Morgan fingerprint density at radius 2 is 2.19 bits per heavy atom. The minimum atomic E-state index is 0.312. The van der Waals surface area contributed by atoms with Gasteiger partial charge in [0.1, 0.15) is 11.5 Å². The normalized spacial score (nSPS) is 10.4. The van der Waals surface area contributed by atoms with Gasteiger partial charge in [-0.3, -0.25) is 4.98 Å². The largest absolute Gasteiger partial charge is 0.482 e. The summed E-state index contributed by atoms with van der Waals surface area (Å²) in [6, 6.07) is 1.84. The maximum Gasteiger partial charge on any atom is 0.232 e. The molecule has 2 aromatic heterocycles. The van der Waals surface area contributed by atoms with Crippen LogP contribution < -0.4 is 4.74 Å². The van der Waals surface area contributed by atoms with E-state index in [1.165, 1.54) is 0 Å². The molecule has 0 saturated carbocycles. The van der Waals surface area contributed by atoms with Crippen LogP contribution in [0.2, 0.25) is 0 Å². The fraction of sp³-hybridized carbons (Fsp3) is 0.273. The van der Waals surface area contributed by atoms with Crippen molar-refractivity contribution >= 4 is 15.9 Å². The first-order chi connectivity index (χ1) is 7.65. The molecular weight excluding hydrogens is 272 g/mol. The van der Waals surface area contributed by atoms with E-state index in [1.54, 1.807) is 12.4 Å². The van der Waals surface area contributed by atoms with Crippen molar-refractivity contribution in [2.75, 3.05) is 0 Å². The van der Waals surface area contributed by atoms with Crippen LogP contribution in [0, 0.1) is 13.8 Å². The fourth-order valence-corrected chi connectivity index (χ4v) is 1.56. The predicted octanol–water partition coefficient (Wildman–Crippen LogP) is 3.03. The van der Waals surface area contributed by atoms with Crippen LogP contribution in [0.5, 0.6) is 5.75 Å². The molecular formula is C11H11BrN2O2. The van der Waals surface area contributed by atoms with E-state index in [1.807, 2.05) is 19.9 Å². The van der Waals surface area contributed by atoms with E-state index in [2.05, 4.69) is 25.9 Å². The number of aromatic nitrogens is 2. The second-order valence-corrected chi connectivity index (χ2v) is 4.29. The Morgan fingerprint density at radius 1 is 1.38 bits per heavy atom. The number of nitrogens with zero attached hydrogens (tertiary/aromatic N) is 2. The van der Waals surface area contributed by atoms with Gasteiger partial charge in [-0.15, -0.1) is 0 Å². The molecule has 0 N–H and O–H groups in total. The van der Waals surface area contributed by atoms with Gasteiger partial charge in [0, 0.05) is 10.7 Å². The van der Waals surface area contributed by atoms with Crippen LogP contribution >= 0.6 is 15.9 Å². The number of halogens is 1. The molecule has 0 aliphatic carbocycles. The first-order valence-corrected chi connectivity index (χ1v) is 5.60. The molecule has 0 aliphatic heterocycles. The minimum absolute atomic E-state index is 0.312. The van der Waals surface area contributed by atoms with Crippen molar-refractivity contribution in [2.45, 2.75) is 20.5 Å². The fourth-order valence-electron chi connectivity index (χ4n) is 1.22. The van der Waals surface area contributed by atoms with Gasteiger partial charge in [-0.1, -0.05) is 0 Å². The van der Waals surface area contributed by atoms with Gasteiger partial charge < -0.3 is 9.15 Å². The van der Waals surface area contributed by atoms with Gasteiger partial charge in [0.25, 0.3) is 0 Å². The Morgan fingerprint density at radius 3 is 2.81 bits per heavy atom. The van der Waals surface area contributed by atoms with Gasteiger partial charge in [-0.05, 0) is 35.8 Å². The average molecular weight is 283 g/mol. The van der Waals surface area contributed by atoms with E-state index in [4.69, 9.17) is 9.15 Å². The Bertz CT molecular complexity index is 477. The molecule has 84 valence electrons. The maximum absolute atomic E-state index is 5.49. The number of hydrogen-bond acceptors (Lipinski definition) is 4. The van der Waals surface area contributed by atoms with Crippen molar-refractivity contribution in [3.05, 3.63) is 40.3 Å². The Hall–Kier alpha value is -1.36. The van der Waals surface area contributed by atoms with Gasteiger partial charge in [0.2, 0.25) is 5.89 Å². The van der Waals surface area contributed by atoms with Crippen LogP contribution in [0.15, 0.2) is 27.3 Å². The van der Waals surface area contributed by atoms with Crippen molar-refractivity contribution in [1.29, 1.82) is 0 Å². The molecule has 0 spiro atoms. The van der Waals surface area contributed by atoms with Crippen LogP contribution in [-0.4, -0.2) is 9.97 Å². The van der Waals surface area contributed by atoms with Crippen molar-refractivity contribution in [3.8, 4) is 5.75 Å². The second-order valence-electron chi connectivity index (χ2n) is 3.38. The van der Waals surface area contributed by atoms with E-state index >= 15 is 0 Å². The molecule has 0 amide bonds. The minimum Gasteiger partial charge on any atom is -0.482 e. The molecule has 16 heavy (non-hydrogen) atoms. The molecule has 4 nitrogen and oxygen atoms in total. The summed E-state index contributed by atoms with van der Waals surface area (Å²) < 4.78 is 11.8.